The van der Waals surface area contributed by atoms with E-state index in [1.165, 1.54) is 0 Å². The van der Waals surface area contributed by atoms with Crippen LogP contribution in [0, 0.1) is 17.2 Å². The number of amides is 1. The second kappa shape index (κ2) is 7.60. The summed E-state index contributed by atoms with van der Waals surface area (Å²) in [7, 11) is 0. The molecule has 0 bridgehead atoms. The summed E-state index contributed by atoms with van der Waals surface area (Å²) in [6.07, 6.45) is 4.09. The number of rotatable bonds is 4. The molecule has 22 heavy (non-hydrogen) atoms. The monoisotopic (exact) mass is 300 g/mol. The summed E-state index contributed by atoms with van der Waals surface area (Å²) in [6, 6.07) is 8.62. The molecule has 0 radical (unpaired) electrons. The van der Waals surface area contributed by atoms with Gasteiger partial charge in [0.05, 0.1) is 17.6 Å². The molecule has 0 heterocycles. The molecule has 116 valence electrons. The lowest BCUT2D eigenvalue weighted by Crippen LogP contribution is -2.32. The van der Waals surface area contributed by atoms with Crippen molar-refractivity contribution in [1.82, 2.24) is 0 Å². The van der Waals surface area contributed by atoms with Crippen LogP contribution in [-0.4, -0.2) is 18.0 Å². The van der Waals surface area contributed by atoms with Crippen molar-refractivity contribution >= 4 is 17.6 Å². The van der Waals surface area contributed by atoms with E-state index in [0.29, 0.717) is 11.3 Å². The summed E-state index contributed by atoms with van der Waals surface area (Å²) in [6.45, 7) is 1.56. The Morgan fingerprint density at radius 1 is 1.32 bits per heavy atom. The zero-order valence-electron chi connectivity index (χ0n) is 12.7. The molecule has 0 saturated heterocycles. The highest BCUT2D eigenvalue weighted by Gasteiger charge is 2.26. The topological polar surface area (TPSA) is 79.2 Å². The summed E-state index contributed by atoms with van der Waals surface area (Å²) in [5.74, 6) is -0.752. The predicted molar refractivity (Wildman–Crippen MR) is 81.9 cm³/mol. The van der Waals surface area contributed by atoms with E-state index >= 15 is 0 Å². The molecule has 1 N–H and O–H groups in total. The third kappa shape index (κ3) is 4.32. The number of esters is 1. The van der Waals surface area contributed by atoms with E-state index in [1.807, 2.05) is 6.07 Å². The Labute approximate surface area is 130 Å². The van der Waals surface area contributed by atoms with Crippen LogP contribution in [0.5, 0.6) is 0 Å². The third-order valence-electron chi connectivity index (χ3n) is 3.86. The average molecular weight is 300 g/mol. The first kappa shape index (κ1) is 16.0. The smallest absolute Gasteiger partial charge is 0.309 e. The molecule has 0 unspecified atom stereocenters. The zero-order chi connectivity index (χ0) is 15.9. The van der Waals surface area contributed by atoms with Gasteiger partial charge in [0, 0.05) is 5.69 Å². The van der Waals surface area contributed by atoms with Gasteiger partial charge < -0.3 is 10.1 Å². The van der Waals surface area contributed by atoms with Crippen molar-refractivity contribution in [3.63, 3.8) is 0 Å². The van der Waals surface area contributed by atoms with Gasteiger partial charge in [-0.1, -0.05) is 25.3 Å². The fraction of sp³-hybridized carbons (Fsp3) is 0.471. The second-order valence-corrected chi connectivity index (χ2v) is 5.60. The maximum atomic E-state index is 12.1. The molecule has 1 aliphatic rings. The van der Waals surface area contributed by atoms with E-state index < -0.39 is 6.10 Å². The molecule has 1 atom stereocenters. The zero-order valence-corrected chi connectivity index (χ0v) is 12.7. The lowest BCUT2D eigenvalue weighted by molar-refractivity contribution is -0.158. The molecule has 5 heteroatoms. The standard InChI is InChI=1S/C17H20N2O3/c1-12(22-17(21)14-7-3-2-4-8-14)16(20)19-15-9-5-6-13(10-15)11-18/h5-6,9-10,12,14H,2-4,7-8H2,1H3,(H,19,20)/t12-/m0/s1. The number of ether oxygens (including phenoxy) is 1. The van der Waals surface area contributed by atoms with Crippen LogP contribution in [0.15, 0.2) is 24.3 Å². The summed E-state index contributed by atoms with van der Waals surface area (Å²) in [5.41, 5.74) is 0.981. The number of carbonyl (C=O) groups is 2. The van der Waals surface area contributed by atoms with E-state index in [2.05, 4.69) is 5.32 Å². The first-order chi connectivity index (χ1) is 10.6. The van der Waals surface area contributed by atoms with Crippen molar-refractivity contribution in [3.05, 3.63) is 29.8 Å². The third-order valence-corrected chi connectivity index (χ3v) is 3.86. The molecule has 1 aromatic carbocycles. The molecule has 1 aromatic rings. The highest BCUT2D eigenvalue weighted by Crippen LogP contribution is 2.25. The Hall–Kier alpha value is -2.35. The summed E-state index contributed by atoms with van der Waals surface area (Å²) in [5, 5.41) is 11.5. The first-order valence-corrected chi connectivity index (χ1v) is 7.61. The molecule has 0 aromatic heterocycles. The average Bonchev–Trinajstić information content (AvgIpc) is 2.55. The minimum atomic E-state index is -0.847. The predicted octanol–water partition coefficient (Wildman–Crippen LogP) is 3.01. The first-order valence-electron chi connectivity index (χ1n) is 7.61. The van der Waals surface area contributed by atoms with Crippen LogP contribution in [0.1, 0.15) is 44.6 Å². The van der Waals surface area contributed by atoms with E-state index in [1.54, 1.807) is 31.2 Å². The normalized spacial score (nSPS) is 16.4. The van der Waals surface area contributed by atoms with Gasteiger partial charge in [0.1, 0.15) is 0 Å². The minimum Gasteiger partial charge on any atom is -0.452 e. The number of hydrogen-bond acceptors (Lipinski definition) is 4. The minimum absolute atomic E-state index is 0.0779. The number of nitrogens with one attached hydrogen (secondary N) is 1. The number of nitriles is 1. The molecule has 2 rings (SSSR count). The van der Waals surface area contributed by atoms with Crippen LogP contribution in [0.2, 0.25) is 0 Å². The number of hydrogen-bond donors (Lipinski definition) is 1. The number of benzene rings is 1. The van der Waals surface area contributed by atoms with Gasteiger partial charge in [-0.05, 0) is 38.0 Å². The number of anilines is 1. The van der Waals surface area contributed by atoms with Crippen LogP contribution in [0.25, 0.3) is 0 Å². The van der Waals surface area contributed by atoms with Gasteiger partial charge in [0.25, 0.3) is 5.91 Å². The van der Waals surface area contributed by atoms with Gasteiger partial charge in [0.15, 0.2) is 6.10 Å². The van der Waals surface area contributed by atoms with E-state index in [-0.39, 0.29) is 17.8 Å². The fourth-order valence-corrected chi connectivity index (χ4v) is 2.57. The molecule has 0 spiro atoms. The van der Waals surface area contributed by atoms with Gasteiger partial charge in [-0.15, -0.1) is 0 Å². The second-order valence-electron chi connectivity index (χ2n) is 5.60. The van der Waals surface area contributed by atoms with Gasteiger partial charge in [0.2, 0.25) is 0 Å². The van der Waals surface area contributed by atoms with E-state index in [0.717, 1.165) is 32.1 Å². The Kier molecular flexibility index (Phi) is 5.54. The van der Waals surface area contributed by atoms with Gasteiger partial charge in [-0.2, -0.15) is 5.26 Å². The fourth-order valence-electron chi connectivity index (χ4n) is 2.57. The van der Waals surface area contributed by atoms with Crippen LogP contribution in [0.4, 0.5) is 5.69 Å². The summed E-state index contributed by atoms with van der Waals surface area (Å²) >= 11 is 0. The molecule has 0 aliphatic heterocycles. The van der Waals surface area contributed by atoms with Crippen molar-refractivity contribution in [2.45, 2.75) is 45.1 Å². The molecule has 5 nitrogen and oxygen atoms in total. The SMILES string of the molecule is C[C@H](OC(=O)C1CCCCC1)C(=O)Nc1cccc(C#N)c1. The van der Waals surface area contributed by atoms with Gasteiger partial charge in [-0.25, -0.2) is 0 Å². The van der Waals surface area contributed by atoms with Crippen molar-refractivity contribution in [2.75, 3.05) is 5.32 Å². The van der Waals surface area contributed by atoms with Crippen molar-refractivity contribution in [1.29, 1.82) is 5.26 Å². The molecule has 1 saturated carbocycles. The van der Waals surface area contributed by atoms with Crippen molar-refractivity contribution in [2.24, 2.45) is 5.92 Å². The highest BCUT2D eigenvalue weighted by molar-refractivity contribution is 5.95. The number of carbonyl (C=O) groups excluding carboxylic acids is 2. The quantitative estimate of drug-likeness (QED) is 0.867. The molecule has 1 aliphatic carbocycles. The molecular formula is C17H20N2O3. The molecule has 1 fully saturated rings. The summed E-state index contributed by atoms with van der Waals surface area (Å²) in [4.78, 5) is 24.1. The van der Waals surface area contributed by atoms with Crippen molar-refractivity contribution < 1.29 is 14.3 Å². The Balaban J connectivity index is 1.88. The lowest BCUT2D eigenvalue weighted by atomic mass is 9.89. The van der Waals surface area contributed by atoms with Crippen molar-refractivity contribution in [3.8, 4) is 6.07 Å². The van der Waals surface area contributed by atoms with Gasteiger partial charge in [-0.3, -0.25) is 9.59 Å². The maximum Gasteiger partial charge on any atom is 0.309 e. The largest absolute Gasteiger partial charge is 0.452 e. The van der Waals surface area contributed by atoms with Gasteiger partial charge >= 0.3 is 5.97 Å². The van der Waals surface area contributed by atoms with Crippen LogP contribution in [-0.2, 0) is 14.3 Å². The van der Waals surface area contributed by atoms with Crippen LogP contribution >= 0.6 is 0 Å². The van der Waals surface area contributed by atoms with E-state index in [9.17, 15) is 9.59 Å². The molecular weight excluding hydrogens is 280 g/mol. The highest BCUT2D eigenvalue weighted by atomic mass is 16.5. The number of nitrogens with zero attached hydrogens (tertiary/aromatic N) is 1. The Bertz CT molecular complexity index is 586. The lowest BCUT2D eigenvalue weighted by Gasteiger charge is -2.22. The Morgan fingerprint density at radius 2 is 2.05 bits per heavy atom. The van der Waals surface area contributed by atoms with Crippen LogP contribution in [0.3, 0.4) is 0 Å². The summed E-state index contributed by atoms with van der Waals surface area (Å²) < 4.78 is 5.26. The Morgan fingerprint density at radius 3 is 2.73 bits per heavy atom. The maximum absolute atomic E-state index is 12.1. The van der Waals surface area contributed by atoms with E-state index in [4.69, 9.17) is 10.00 Å². The molecule has 1 amide bonds. The van der Waals surface area contributed by atoms with Crippen LogP contribution < -0.4 is 5.32 Å².